The van der Waals surface area contributed by atoms with Crippen molar-refractivity contribution in [3.8, 4) is 5.75 Å². The number of carbonyl (C=O) groups is 2. The van der Waals surface area contributed by atoms with Crippen LogP contribution in [-0.4, -0.2) is 47.2 Å². The molecule has 1 aliphatic rings. The molecule has 0 bridgehead atoms. The molecular formula is C22H23N5O3S. The standard InChI is InChI=1S/C22H23N5O3S/c1-30-18-11-5-10-17(13-18)24-22(29)27-12-6-7-15(14-27)20-25-26-21(31-20)19(28)23-16-8-3-2-4-9-16/h2-5,8-11,13,15H,6-7,12,14H2,1H3,(H,23,28)(H,24,29)/t15-/m0/s1. The van der Waals surface area contributed by atoms with Gasteiger partial charge in [-0.2, -0.15) is 0 Å². The van der Waals surface area contributed by atoms with E-state index in [1.54, 1.807) is 18.1 Å². The Morgan fingerprint density at radius 3 is 2.68 bits per heavy atom. The Hall–Kier alpha value is -3.46. The Kier molecular flexibility index (Phi) is 6.42. The van der Waals surface area contributed by atoms with Crippen molar-refractivity contribution < 1.29 is 14.3 Å². The minimum Gasteiger partial charge on any atom is -0.497 e. The second-order valence-electron chi connectivity index (χ2n) is 7.21. The minimum atomic E-state index is -0.279. The fourth-order valence-corrected chi connectivity index (χ4v) is 4.33. The zero-order valence-corrected chi connectivity index (χ0v) is 17.9. The Bertz CT molecular complexity index is 1060. The van der Waals surface area contributed by atoms with Crippen LogP contribution in [0.4, 0.5) is 16.2 Å². The number of nitrogens with zero attached hydrogens (tertiary/aromatic N) is 3. The number of para-hydroxylation sites is 1. The van der Waals surface area contributed by atoms with Gasteiger partial charge in [0, 0.05) is 36.4 Å². The van der Waals surface area contributed by atoms with E-state index in [2.05, 4.69) is 20.8 Å². The molecule has 4 rings (SSSR count). The Morgan fingerprint density at radius 2 is 1.87 bits per heavy atom. The molecule has 1 saturated heterocycles. The number of anilines is 2. The molecule has 1 atom stereocenters. The van der Waals surface area contributed by atoms with E-state index in [4.69, 9.17) is 4.74 Å². The second-order valence-corrected chi connectivity index (χ2v) is 8.22. The van der Waals surface area contributed by atoms with Crippen molar-refractivity contribution in [1.29, 1.82) is 0 Å². The van der Waals surface area contributed by atoms with Gasteiger partial charge in [-0.25, -0.2) is 4.79 Å². The van der Waals surface area contributed by atoms with Crippen molar-refractivity contribution in [2.45, 2.75) is 18.8 Å². The average molecular weight is 438 g/mol. The largest absolute Gasteiger partial charge is 0.497 e. The van der Waals surface area contributed by atoms with Gasteiger partial charge in [0.1, 0.15) is 10.8 Å². The van der Waals surface area contributed by atoms with Crippen molar-refractivity contribution in [2.24, 2.45) is 0 Å². The molecule has 0 radical (unpaired) electrons. The van der Waals surface area contributed by atoms with Crippen LogP contribution in [0.5, 0.6) is 5.75 Å². The number of nitrogens with one attached hydrogen (secondary N) is 2. The number of amides is 3. The van der Waals surface area contributed by atoms with E-state index in [1.165, 1.54) is 11.3 Å². The van der Waals surface area contributed by atoms with Gasteiger partial charge < -0.3 is 20.3 Å². The number of aromatic nitrogens is 2. The highest BCUT2D eigenvalue weighted by Crippen LogP contribution is 2.30. The summed E-state index contributed by atoms with van der Waals surface area (Å²) >= 11 is 1.28. The Morgan fingerprint density at radius 1 is 1.06 bits per heavy atom. The zero-order valence-electron chi connectivity index (χ0n) is 17.1. The molecule has 2 N–H and O–H groups in total. The Labute approximate surface area is 184 Å². The molecule has 1 aromatic heterocycles. The molecule has 0 aliphatic carbocycles. The normalized spacial score (nSPS) is 15.9. The first-order valence-electron chi connectivity index (χ1n) is 10.0. The lowest BCUT2D eigenvalue weighted by Crippen LogP contribution is -2.41. The number of piperidine rings is 1. The summed E-state index contributed by atoms with van der Waals surface area (Å²) in [6.45, 7) is 1.21. The maximum atomic E-state index is 12.7. The van der Waals surface area contributed by atoms with Gasteiger partial charge in [-0.15, -0.1) is 10.2 Å². The number of methoxy groups -OCH3 is 1. The smallest absolute Gasteiger partial charge is 0.321 e. The SMILES string of the molecule is COc1cccc(NC(=O)N2CCC[C@H](c3nnc(C(=O)Nc4ccccc4)s3)C2)c1. The molecule has 0 spiro atoms. The quantitative estimate of drug-likeness (QED) is 0.623. The molecule has 160 valence electrons. The third-order valence-electron chi connectivity index (χ3n) is 5.05. The van der Waals surface area contributed by atoms with Gasteiger partial charge in [0.15, 0.2) is 0 Å². The minimum absolute atomic E-state index is 0.0561. The first-order valence-corrected chi connectivity index (χ1v) is 10.8. The van der Waals surface area contributed by atoms with Crippen molar-refractivity contribution in [2.75, 3.05) is 30.8 Å². The Balaban J connectivity index is 1.38. The number of urea groups is 1. The highest BCUT2D eigenvalue weighted by atomic mass is 32.1. The number of benzene rings is 2. The summed E-state index contributed by atoms with van der Waals surface area (Å²) in [5, 5.41) is 15.1. The second kappa shape index (κ2) is 9.57. The number of hydrogen-bond donors (Lipinski definition) is 2. The molecule has 2 heterocycles. The number of hydrogen-bond acceptors (Lipinski definition) is 6. The monoisotopic (exact) mass is 437 g/mol. The summed E-state index contributed by atoms with van der Waals surface area (Å²) in [5.41, 5.74) is 1.39. The van der Waals surface area contributed by atoms with E-state index in [1.807, 2.05) is 48.5 Å². The lowest BCUT2D eigenvalue weighted by molar-refractivity contribution is 0.102. The topological polar surface area (TPSA) is 96.4 Å². The third kappa shape index (κ3) is 5.18. The van der Waals surface area contributed by atoms with Gasteiger partial charge in [-0.3, -0.25) is 4.79 Å². The van der Waals surface area contributed by atoms with Crippen LogP contribution in [-0.2, 0) is 0 Å². The van der Waals surface area contributed by atoms with Crippen LogP contribution < -0.4 is 15.4 Å². The van der Waals surface area contributed by atoms with E-state index in [0.717, 1.165) is 17.8 Å². The van der Waals surface area contributed by atoms with Crippen molar-refractivity contribution in [1.82, 2.24) is 15.1 Å². The van der Waals surface area contributed by atoms with Crippen molar-refractivity contribution in [3.05, 3.63) is 64.6 Å². The summed E-state index contributed by atoms with van der Waals surface area (Å²) in [6, 6.07) is 16.3. The van der Waals surface area contributed by atoms with Crippen LogP contribution >= 0.6 is 11.3 Å². The lowest BCUT2D eigenvalue weighted by Gasteiger charge is -2.31. The number of carbonyl (C=O) groups excluding carboxylic acids is 2. The maximum absolute atomic E-state index is 12.7. The summed E-state index contributed by atoms with van der Waals surface area (Å²) in [4.78, 5) is 27.0. The summed E-state index contributed by atoms with van der Waals surface area (Å²) < 4.78 is 5.20. The van der Waals surface area contributed by atoms with Gasteiger partial charge in [0.05, 0.1) is 7.11 Å². The molecule has 1 fully saturated rings. The van der Waals surface area contributed by atoms with E-state index in [0.29, 0.717) is 35.2 Å². The van der Waals surface area contributed by atoms with E-state index in [-0.39, 0.29) is 17.9 Å². The van der Waals surface area contributed by atoms with Crippen LogP contribution in [0.2, 0.25) is 0 Å². The molecule has 0 unspecified atom stereocenters. The molecule has 8 nitrogen and oxygen atoms in total. The van der Waals surface area contributed by atoms with E-state index in [9.17, 15) is 9.59 Å². The molecule has 1 aliphatic heterocycles. The highest BCUT2D eigenvalue weighted by Gasteiger charge is 2.28. The molecule has 3 aromatic rings. The van der Waals surface area contributed by atoms with Gasteiger partial charge >= 0.3 is 6.03 Å². The average Bonchev–Trinajstić information content (AvgIpc) is 3.31. The molecule has 31 heavy (non-hydrogen) atoms. The third-order valence-corrected chi connectivity index (χ3v) is 6.13. The predicted octanol–water partition coefficient (Wildman–Crippen LogP) is 4.21. The van der Waals surface area contributed by atoms with E-state index >= 15 is 0 Å². The molecule has 9 heteroatoms. The fraction of sp³-hybridized carbons (Fsp3) is 0.273. The zero-order chi connectivity index (χ0) is 21.6. The van der Waals surface area contributed by atoms with Crippen LogP contribution in [0.1, 0.15) is 33.6 Å². The van der Waals surface area contributed by atoms with Crippen LogP contribution in [0.15, 0.2) is 54.6 Å². The summed E-state index contributed by atoms with van der Waals surface area (Å²) in [6.07, 6.45) is 1.76. The van der Waals surface area contributed by atoms with Crippen molar-refractivity contribution in [3.63, 3.8) is 0 Å². The first kappa shape index (κ1) is 20.8. The predicted molar refractivity (Wildman–Crippen MR) is 120 cm³/mol. The van der Waals surface area contributed by atoms with Crippen LogP contribution in [0.25, 0.3) is 0 Å². The molecular weight excluding hydrogens is 414 g/mol. The van der Waals surface area contributed by atoms with Gasteiger partial charge in [0.2, 0.25) is 5.01 Å². The fourth-order valence-electron chi connectivity index (χ4n) is 3.46. The van der Waals surface area contributed by atoms with Crippen LogP contribution in [0.3, 0.4) is 0 Å². The first-order chi connectivity index (χ1) is 15.1. The summed E-state index contributed by atoms with van der Waals surface area (Å²) in [5.74, 6) is 0.462. The van der Waals surface area contributed by atoms with Gasteiger partial charge in [-0.05, 0) is 37.1 Å². The maximum Gasteiger partial charge on any atom is 0.321 e. The lowest BCUT2D eigenvalue weighted by atomic mass is 9.99. The molecule has 3 amide bonds. The molecule has 2 aromatic carbocycles. The molecule has 0 saturated carbocycles. The number of ether oxygens (including phenoxy) is 1. The van der Waals surface area contributed by atoms with Crippen molar-refractivity contribution >= 4 is 34.6 Å². The number of rotatable bonds is 5. The highest BCUT2D eigenvalue weighted by molar-refractivity contribution is 7.13. The summed E-state index contributed by atoms with van der Waals surface area (Å²) in [7, 11) is 1.59. The number of likely N-dealkylation sites (tertiary alicyclic amines) is 1. The van der Waals surface area contributed by atoms with Crippen LogP contribution in [0, 0.1) is 0 Å². The van der Waals surface area contributed by atoms with Gasteiger partial charge in [0.25, 0.3) is 5.91 Å². The van der Waals surface area contributed by atoms with E-state index < -0.39 is 0 Å². The van der Waals surface area contributed by atoms with Gasteiger partial charge in [-0.1, -0.05) is 35.6 Å².